The van der Waals surface area contributed by atoms with Crippen molar-refractivity contribution >= 4 is 34.9 Å². The molecule has 3 rings (SSSR count). The fourth-order valence-corrected chi connectivity index (χ4v) is 3.99. The van der Waals surface area contributed by atoms with Crippen molar-refractivity contribution in [2.75, 3.05) is 20.3 Å². The fourth-order valence-electron chi connectivity index (χ4n) is 3.99. The molecule has 0 N–H and O–H groups in total. The summed E-state index contributed by atoms with van der Waals surface area (Å²) in [4.78, 5) is 42.9. The van der Waals surface area contributed by atoms with Crippen molar-refractivity contribution in [3.05, 3.63) is 47.7 Å². The molecule has 8 heteroatoms. The number of hydrogen-bond donors (Lipinski definition) is 0. The molecule has 0 spiro atoms. The predicted molar refractivity (Wildman–Crippen MR) is 128 cm³/mol. The van der Waals surface area contributed by atoms with Crippen LogP contribution >= 0.6 is 0 Å². The number of hydrogen-bond acceptors (Lipinski definition) is 7. The monoisotopic (exact) mass is 468 g/mol. The second-order valence-corrected chi connectivity index (χ2v) is 9.19. The van der Waals surface area contributed by atoms with Gasteiger partial charge in [-0.1, -0.05) is 44.2 Å². The Morgan fingerprint density at radius 2 is 1.97 bits per heavy atom. The standard InChI is InChI=1S/C26H32N2O6/c1-16(2)23-14-33-25(31)28(23)24(30)26(5,15-32-6)12-11-19-7-8-20-9-10-21(27-22(20)13-19)17(3)34-18(4)29/h7-13,16-17,23H,14-15H2,1-6H3/b12-11+/t17?,23-,26+/m0/s1. The first-order chi connectivity index (χ1) is 16.1. The second-order valence-electron chi connectivity index (χ2n) is 9.19. The van der Waals surface area contributed by atoms with E-state index in [4.69, 9.17) is 14.2 Å². The van der Waals surface area contributed by atoms with Gasteiger partial charge in [-0.05, 0) is 37.5 Å². The number of carbonyl (C=O) groups excluding carboxylic acids is 3. The van der Waals surface area contributed by atoms with Crippen molar-refractivity contribution in [2.24, 2.45) is 11.3 Å². The van der Waals surface area contributed by atoms with Gasteiger partial charge in [-0.25, -0.2) is 14.7 Å². The Morgan fingerprint density at radius 3 is 2.62 bits per heavy atom. The van der Waals surface area contributed by atoms with E-state index in [2.05, 4.69) is 4.98 Å². The Hall–Kier alpha value is -3.26. The Morgan fingerprint density at radius 1 is 1.26 bits per heavy atom. The number of rotatable bonds is 8. The van der Waals surface area contributed by atoms with E-state index in [1.54, 1.807) is 19.9 Å². The van der Waals surface area contributed by atoms with E-state index in [1.807, 2.05) is 50.3 Å². The van der Waals surface area contributed by atoms with Crippen LogP contribution in [0.1, 0.15) is 52.0 Å². The lowest BCUT2D eigenvalue weighted by Crippen LogP contribution is -2.49. The minimum atomic E-state index is -1.07. The lowest BCUT2D eigenvalue weighted by atomic mass is 9.87. The molecule has 2 aromatic rings. The van der Waals surface area contributed by atoms with Crippen LogP contribution in [0.15, 0.2) is 36.4 Å². The molecule has 0 aliphatic carbocycles. The van der Waals surface area contributed by atoms with Gasteiger partial charge in [0.2, 0.25) is 5.91 Å². The van der Waals surface area contributed by atoms with Crippen LogP contribution in [0.3, 0.4) is 0 Å². The Kier molecular flexibility index (Phi) is 7.71. The van der Waals surface area contributed by atoms with Gasteiger partial charge in [-0.2, -0.15) is 0 Å². The van der Waals surface area contributed by atoms with E-state index in [9.17, 15) is 14.4 Å². The zero-order chi connectivity index (χ0) is 25.0. The van der Waals surface area contributed by atoms with Gasteiger partial charge < -0.3 is 14.2 Å². The van der Waals surface area contributed by atoms with Crippen LogP contribution in [-0.4, -0.2) is 54.2 Å². The molecule has 1 aromatic carbocycles. The van der Waals surface area contributed by atoms with Gasteiger partial charge in [-0.3, -0.25) is 9.59 Å². The Balaban J connectivity index is 1.90. The molecule has 1 aliphatic rings. The van der Waals surface area contributed by atoms with Gasteiger partial charge in [0.05, 0.1) is 29.3 Å². The van der Waals surface area contributed by atoms with Crippen LogP contribution < -0.4 is 0 Å². The third-order valence-electron chi connectivity index (χ3n) is 5.97. The molecular formula is C26H32N2O6. The lowest BCUT2D eigenvalue weighted by molar-refractivity contribution is -0.146. The molecule has 3 atom stereocenters. The predicted octanol–water partition coefficient (Wildman–Crippen LogP) is 4.53. The molecule has 1 fully saturated rings. The average Bonchev–Trinajstić information content (AvgIpc) is 3.17. The van der Waals surface area contributed by atoms with Crippen LogP contribution in [-0.2, 0) is 23.8 Å². The number of fused-ring (bicyclic) bond motifs is 1. The normalized spacial score (nSPS) is 18.9. The summed E-state index contributed by atoms with van der Waals surface area (Å²) in [5.74, 6) is -0.653. The first-order valence-electron chi connectivity index (χ1n) is 11.3. The van der Waals surface area contributed by atoms with Crippen molar-refractivity contribution in [3.8, 4) is 0 Å². The zero-order valence-electron chi connectivity index (χ0n) is 20.5. The van der Waals surface area contributed by atoms with Crippen molar-refractivity contribution in [2.45, 2.75) is 46.8 Å². The van der Waals surface area contributed by atoms with Gasteiger partial charge >= 0.3 is 12.1 Å². The van der Waals surface area contributed by atoms with Crippen molar-refractivity contribution in [1.82, 2.24) is 9.88 Å². The van der Waals surface area contributed by atoms with Crippen LogP contribution in [0.25, 0.3) is 17.0 Å². The molecule has 0 bridgehead atoms. The van der Waals surface area contributed by atoms with Crippen LogP contribution in [0.5, 0.6) is 0 Å². The number of cyclic esters (lactones) is 1. The maximum Gasteiger partial charge on any atom is 0.417 e. The molecule has 0 radical (unpaired) electrons. The molecule has 8 nitrogen and oxygen atoms in total. The molecule has 0 saturated carbocycles. The number of pyridine rings is 1. The number of imide groups is 1. The number of benzene rings is 1. The van der Waals surface area contributed by atoms with Crippen LogP contribution in [0.2, 0.25) is 0 Å². The third-order valence-corrected chi connectivity index (χ3v) is 5.97. The summed E-state index contributed by atoms with van der Waals surface area (Å²) in [5.41, 5.74) is 1.15. The summed E-state index contributed by atoms with van der Waals surface area (Å²) in [6, 6.07) is 9.20. The van der Waals surface area contributed by atoms with E-state index in [0.29, 0.717) is 5.69 Å². The van der Waals surface area contributed by atoms with Crippen molar-refractivity contribution in [3.63, 3.8) is 0 Å². The van der Waals surface area contributed by atoms with E-state index < -0.39 is 17.6 Å². The smallest absolute Gasteiger partial charge is 0.417 e. The second kappa shape index (κ2) is 10.3. The van der Waals surface area contributed by atoms with Gasteiger partial charge in [0.15, 0.2) is 0 Å². The quantitative estimate of drug-likeness (QED) is 0.525. The largest absolute Gasteiger partial charge is 0.456 e. The number of esters is 1. The highest BCUT2D eigenvalue weighted by Crippen LogP contribution is 2.30. The highest BCUT2D eigenvalue weighted by molar-refractivity contribution is 5.98. The summed E-state index contributed by atoms with van der Waals surface area (Å²) >= 11 is 0. The lowest BCUT2D eigenvalue weighted by Gasteiger charge is -2.31. The maximum atomic E-state index is 13.5. The average molecular weight is 469 g/mol. The third kappa shape index (κ3) is 5.44. The first kappa shape index (κ1) is 25.4. The molecule has 1 unspecified atom stereocenters. The van der Waals surface area contributed by atoms with Crippen LogP contribution in [0, 0.1) is 11.3 Å². The Labute approximate surface area is 199 Å². The number of methoxy groups -OCH3 is 1. The SMILES string of the molecule is COC[C@@](C)(/C=C/c1ccc2ccc(C(C)OC(C)=O)nc2c1)C(=O)N1C(=O)OC[C@H]1C(C)C. The summed E-state index contributed by atoms with van der Waals surface area (Å²) in [5, 5.41) is 0.936. The molecule has 34 heavy (non-hydrogen) atoms. The van der Waals surface area contributed by atoms with Crippen molar-refractivity contribution < 1.29 is 28.6 Å². The van der Waals surface area contributed by atoms with E-state index in [1.165, 1.54) is 18.9 Å². The highest BCUT2D eigenvalue weighted by Gasteiger charge is 2.46. The number of nitrogens with zero attached hydrogens (tertiary/aromatic N) is 2. The van der Waals surface area contributed by atoms with Gasteiger partial charge in [-0.15, -0.1) is 0 Å². The molecular weight excluding hydrogens is 436 g/mol. The van der Waals surface area contributed by atoms with E-state index in [-0.39, 0.29) is 37.0 Å². The van der Waals surface area contributed by atoms with E-state index in [0.717, 1.165) is 16.5 Å². The minimum Gasteiger partial charge on any atom is -0.456 e. The summed E-state index contributed by atoms with van der Waals surface area (Å²) in [6.45, 7) is 9.09. The fraction of sp³-hybridized carbons (Fsp3) is 0.462. The zero-order valence-corrected chi connectivity index (χ0v) is 20.5. The summed E-state index contributed by atoms with van der Waals surface area (Å²) in [6.07, 6.45) is 2.50. The molecule has 1 aromatic heterocycles. The highest BCUT2D eigenvalue weighted by atomic mass is 16.6. The van der Waals surface area contributed by atoms with Gasteiger partial charge in [0, 0.05) is 19.4 Å². The Bertz CT molecular complexity index is 1110. The number of carbonyl (C=O) groups is 3. The number of aromatic nitrogens is 1. The van der Waals surface area contributed by atoms with Gasteiger partial charge in [0.25, 0.3) is 0 Å². The molecule has 2 heterocycles. The van der Waals surface area contributed by atoms with Crippen LogP contribution in [0.4, 0.5) is 4.79 Å². The molecule has 1 aliphatic heterocycles. The maximum absolute atomic E-state index is 13.5. The van der Waals surface area contributed by atoms with Crippen molar-refractivity contribution in [1.29, 1.82) is 0 Å². The number of amides is 2. The number of ether oxygens (including phenoxy) is 3. The molecule has 182 valence electrons. The summed E-state index contributed by atoms with van der Waals surface area (Å²) in [7, 11) is 1.52. The summed E-state index contributed by atoms with van der Waals surface area (Å²) < 4.78 is 15.7. The van der Waals surface area contributed by atoms with Gasteiger partial charge in [0.1, 0.15) is 12.7 Å². The minimum absolute atomic E-state index is 0.0707. The molecule has 2 amide bonds. The molecule has 1 saturated heterocycles. The topological polar surface area (TPSA) is 95.0 Å². The first-order valence-corrected chi connectivity index (χ1v) is 11.3. The van der Waals surface area contributed by atoms with E-state index >= 15 is 0 Å².